The van der Waals surface area contributed by atoms with E-state index in [1.807, 2.05) is 11.3 Å². The second-order valence-corrected chi connectivity index (χ2v) is 7.34. The molecule has 0 fully saturated rings. The SMILES string of the molecule is CC1=CC(C)CC(CNC(C)c2sc(C)nc2C)C1. The highest BCUT2D eigenvalue weighted by Gasteiger charge is 2.19. The molecular weight excluding hydrogens is 252 g/mol. The maximum Gasteiger partial charge on any atom is 0.0900 e. The number of aromatic nitrogens is 1. The predicted molar refractivity (Wildman–Crippen MR) is 83.7 cm³/mol. The van der Waals surface area contributed by atoms with Crippen LogP contribution in [0.15, 0.2) is 11.6 Å². The Kier molecular flexibility index (Phi) is 4.80. The molecule has 0 amide bonds. The van der Waals surface area contributed by atoms with Crippen LogP contribution in [0.3, 0.4) is 0 Å². The van der Waals surface area contributed by atoms with Crippen LogP contribution >= 0.6 is 11.3 Å². The van der Waals surface area contributed by atoms with Crippen LogP contribution in [0, 0.1) is 25.7 Å². The third-order valence-corrected chi connectivity index (χ3v) is 5.19. The molecule has 1 aliphatic carbocycles. The molecule has 0 saturated heterocycles. The average molecular weight is 278 g/mol. The van der Waals surface area contributed by atoms with Gasteiger partial charge < -0.3 is 5.32 Å². The Balaban J connectivity index is 1.89. The van der Waals surface area contributed by atoms with Crippen molar-refractivity contribution < 1.29 is 0 Å². The molecule has 1 aromatic rings. The van der Waals surface area contributed by atoms with Gasteiger partial charge >= 0.3 is 0 Å². The van der Waals surface area contributed by atoms with E-state index >= 15 is 0 Å². The van der Waals surface area contributed by atoms with Gasteiger partial charge in [-0.25, -0.2) is 4.98 Å². The molecular formula is C16H26N2S. The number of hydrogen-bond donors (Lipinski definition) is 1. The van der Waals surface area contributed by atoms with Gasteiger partial charge in [0, 0.05) is 10.9 Å². The highest BCUT2D eigenvalue weighted by molar-refractivity contribution is 7.11. The molecule has 2 rings (SSSR count). The number of thiazole rings is 1. The van der Waals surface area contributed by atoms with Crippen molar-refractivity contribution in [2.75, 3.05) is 6.54 Å². The van der Waals surface area contributed by atoms with Crippen molar-refractivity contribution in [1.82, 2.24) is 10.3 Å². The van der Waals surface area contributed by atoms with Crippen LogP contribution in [-0.4, -0.2) is 11.5 Å². The summed E-state index contributed by atoms with van der Waals surface area (Å²) >= 11 is 1.83. The van der Waals surface area contributed by atoms with Crippen molar-refractivity contribution >= 4 is 11.3 Å². The van der Waals surface area contributed by atoms with Gasteiger partial charge in [-0.2, -0.15) is 0 Å². The fraction of sp³-hybridized carbons (Fsp3) is 0.688. The Morgan fingerprint density at radius 3 is 2.74 bits per heavy atom. The lowest BCUT2D eigenvalue weighted by atomic mass is 9.83. The van der Waals surface area contributed by atoms with Gasteiger partial charge in [0.25, 0.3) is 0 Å². The summed E-state index contributed by atoms with van der Waals surface area (Å²) in [5.41, 5.74) is 2.75. The topological polar surface area (TPSA) is 24.9 Å². The van der Waals surface area contributed by atoms with Gasteiger partial charge in [0.2, 0.25) is 0 Å². The molecule has 3 atom stereocenters. The van der Waals surface area contributed by atoms with Crippen molar-refractivity contribution in [2.24, 2.45) is 11.8 Å². The van der Waals surface area contributed by atoms with E-state index in [0.717, 1.165) is 18.4 Å². The monoisotopic (exact) mass is 278 g/mol. The van der Waals surface area contributed by atoms with Crippen molar-refractivity contribution in [3.05, 3.63) is 27.2 Å². The molecule has 0 saturated carbocycles. The molecule has 1 heterocycles. The molecule has 19 heavy (non-hydrogen) atoms. The second kappa shape index (κ2) is 6.19. The molecule has 1 aliphatic rings. The Bertz CT molecular complexity index is 461. The molecule has 0 aliphatic heterocycles. The minimum absolute atomic E-state index is 0.424. The fourth-order valence-corrected chi connectivity index (χ4v) is 4.18. The van der Waals surface area contributed by atoms with Crippen molar-refractivity contribution in [3.63, 3.8) is 0 Å². The Morgan fingerprint density at radius 1 is 1.42 bits per heavy atom. The van der Waals surface area contributed by atoms with Crippen LogP contribution in [0.5, 0.6) is 0 Å². The Labute approximate surface area is 121 Å². The van der Waals surface area contributed by atoms with Crippen LogP contribution in [0.25, 0.3) is 0 Å². The van der Waals surface area contributed by atoms with E-state index in [4.69, 9.17) is 0 Å². The molecule has 3 unspecified atom stereocenters. The van der Waals surface area contributed by atoms with E-state index in [1.54, 1.807) is 5.57 Å². The lowest BCUT2D eigenvalue weighted by Crippen LogP contribution is -2.28. The summed E-state index contributed by atoms with van der Waals surface area (Å²) in [5, 5.41) is 4.88. The van der Waals surface area contributed by atoms with Gasteiger partial charge in [-0.15, -0.1) is 11.3 Å². The number of hydrogen-bond acceptors (Lipinski definition) is 3. The van der Waals surface area contributed by atoms with Crippen LogP contribution in [0.2, 0.25) is 0 Å². The zero-order chi connectivity index (χ0) is 14.0. The normalized spacial score (nSPS) is 25.2. The van der Waals surface area contributed by atoms with E-state index < -0.39 is 0 Å². The molecule has 0 bridgehead atoms. The molecule has 0 radical (unpaired) electrons. The Hall–Kier alpha value is -0.670. The Morgan fingerprint density at radius 2 is 2.16 bits per heavy atom. The van der Waals surface area contributed by atoms with Crippen molar-refractivity contribution in [3.8, 4) is 0 Å². The van der Waals surface area contributed by atoms with Gasteiger partial charge in [-0.1, -0.05) is 18.6 Å². The quantitative estimate of drug-likeness (QED) is 0.826. The zero-order valence-electron chi connectivity index (χ0n) is 12.8. The van der Waals surface area contributed by atoms with E-state index in [2.05, 4.69) is 51.0 Å². The molecule has 0 aromatic carbocycles. The zero-order valence-corrected chi connectivity index (χ0v) is 13.6. The van der Waals surface area contributed by atoms with Gasteiger partial charge in [0.05, 0.1) is 10.7 Å². The van der Waals surface area contributed by atoms with Crippen LogP contribution in [0.4, 0.5) is 0 Å². The lowest BCUT2D eigenvalue weighted by Gasteiger charge is -2.27. The second-order valence-electron chi connectivity index (χ2n) is 6.11. The summed E-state index contributed by atoms with van der Waals surface area (Å²) in [6.07, 6.45) is 5.00. The van der Waals surface area contributed by atoms with Gasteiger partial charge in [0.15, 0.2) is 0 Å². The highest BCUT2D eigenvalue weighted by atomic mass is 32.1. The van der Waals surface area contributed by atoms with Gasteiger partial charge in [-0.05, 0) is 58.9 Å². The van der Waals surface area contributed by atoms with Crippen LogP contribution in [-0.2, 0) is 0 Å². The summed E-state index contributed by atoms with van der Waals surface area (Å²) in [6.45, 7) is 12.2. The predicted octanol–water partition coefficient (Wildman–Crippen LogP) is 4.40. The number of aryl methyl sites for hydroxylation is 2. The lowest BCUT2D eigenvalue weighted by molar-refractivity contribution is 0.367. The van der Waals surface area contributed by atoms with E-state index in [0.29, 0.717) is 6.04 Å². The maximum absolute atomic E-state index is 4.52. The fourth-order valence-electron chi connectivity index (χ4n) is 3.23. The maximum atomic E-state index is 4.52. The molecule has 1 N–H and O–H groups in total. The van der Waals surface area contributed by atoms with E-state index in [1.165, 1.54) is 28.4 Å². The molecule has 2 nitrogen and oxygen atoms in total. The summed E-state index contributed by atoms with van der Waals surface area (Å²) in [4.78, 5) is 5.92. The minimum Gasteiger partial charge on any atom is -0.309 e. The van der Waals surface area contributed by atoms with Gasteiger partial charge in [0.1, 0.15) is 0 Å². The van der Waals surface area contributed by atoms with E-state index in [-0.39, 0.29) is 0 Å². The van der Waals surface area contributed by atoms with Gasteiger partial charge in [-0.3, -0.25) is 0 Å². The molecule has 0 spiro atoms. The molecule has 3 heteroatoms. The first kappa shape index (κ1) is 14.7. The van der Waals surface area contributed by atoms with Crippen molar-refractivity contribution in [2.45, 2.75) is 53.5 Å². The standard InChI is InChI=1S/C16H26N2S/c1-10-6-11(2)8-15(7-10)9-17-12(3)16-13(4)18-14(5)19-16/h6,10,12,15,17H,7-9H2,1-5H3. The average Bonchev–Trinajstić information content (AvgIpc) is 2.64. The third kappa shape index (κ3) is 3.90. The molecule has 106 valence electrons. The van der Waals surface area contributed by atoms with Crippen LogP contribution < -0.4 is 5.32 Å². The third-order valence-electron chi connectivity index (χ3n) is 3.93. The summed E-state index contributed by atoms with van der Waals surface area (Å²) in [7, 11) is 0. The number of nitrogens with zero attached hydrogens (tertiary/aromatic N) is 1. The first-order valence-corrected chi connectivity index (χ1v) is 8.12. The first-order valence-electron chi connectivity index (χ1n) is 7.30. The largest absolute Gasteiger partial charge is 0.309 e. The number of rotatable bonds is 4. The molecule has 1 aromatic heterocycles. The summed E-state index contributed by atoms with van der Waals surface area (Å²) in [6, 6.07) is 0.424. The number of allylic oxidation sites excluding steroid dienone is 2. The summed E-state index contributed by atoms with van der Waals surface area (Å²) < 4.78 is 0. The highest BCUT2D eigenvalue weighted by Crippen LogP contribution is 2.29. The number of nitrogens with one attached hydrogen (secondary N) is 1. The smallest absolute Gasteiger partial charge is 0.0900 e. The minimum atomic E-state index is 0.424. The first-order chi connectivity index (χ1) is 8.95. The summed E-state index contributed by atoms with van der Waals surface area (Å²) in [5.74, 6) is 1.53. The van der Waals surface area contributed by atoms with Crippen LogP contribution in [0.1, 0.15) is 55.2 Å². The van der Waals surface area contributed by atoms with Crippen molar-refractivity contribution in [1.29, 1.82) is 0 Å². The van der Waals surface area contributed by atoms with E-state index in [9.17, 15) is 0 Å².